The van der Waals surface area contributed by atoms with Crippen molar-refractivity contribution in [1.82, 2.24) is 0 Å². The number of benzene rings is 1. The Labute approximate surface area is 106 Å². The van der Waals surface area contributed by atoms with Gasteiger partial charge in [0, 0.05) is 13.6 Å². The topological polar surface area (TPSA) is 61.8 Å². The molecule has 0 saturated heterocycles. The van der Waals surface area contributed by atoms with Crippen LogP contribution in [0.2, 0.25) is 0 Å². The number of amidine groups is 1. The molecule has 0 aliphatic heterocycles. The number of nitrogens with two attached hydrogens (primary N) is 1. The highest BCUT2D eigenvalue weighted by Gasteiger charge is 2.33. The molecule has 1 saturated carbocycles. The van der Waals surface area contributed by atoms with Gasteiger partial charge in [-0.15, -0.1) is 0 Å². The van der Waals surface area contributed by atoms with Crippen molar-refractivity contribution in [1.29, 1.82) is 0 Å². The first-order chi connectivity index (χ1) is 8.54. The Kier molecular flexibility index (Phi) is 3.41. The Hall–Kier alpha value is -1.78. The Bertz CT molecular complexity index is 475. The SMILES string of the molecule is CC1CC1CN(C)c1cccc(F)c1C(N)=NO. The summed E-state index contributed by atoms with van der Waals surface area (Å²) in [5.41, 5.74) is 6.36. The van der Waals surface area contributed by atoms with E-state index >= 15 is 0 Å². The lowest BCUT2D eigenvalue weighted by atomic mass is 10.1. The lowest BCUT2D eigenvalue weighted by Crippen LogP contribution is -2.26. The van der Waals surface area contributed by atoms with Crippen LogP contribution in [-0.4, -0.2) is 24.6 Å². The van der Waals surface area contributed by atoms with Crippen molar-refractivity contribution >= 4 is 11.5 Å². The molecule has 0 radical (unpaired) electrons. The molecule has 0 heterocycles. The number of rotatable bonds is 4. The van der Waals surface area contributed by atoms with E-state index in [9.17, 15) is 4.39 Å². The number of hydrogen-bond acceptors (Lipinski definition) is 3. The molecule has 1 aliphatic rings. The van der Waals surface area contributed by atoms with Crippen LogP contribution in [0.25, 0.3) is 0 Å². The maximum Gasteiger partial charge on any atom is 0.175 e. The normalized spacial score (nSPS) is 22.9. The molecule has 2 unspecified atom stereocenters. The third kappa shape index (κ3) is 2.39. The standard InChI is InChI=1S/C13H18FN3O/c1-8-6-9(8)7-17(2)11-5-3-4-10(14)12(11)13(15)16-18/h3-5,8-9,18H,6-7H2,1-2H3,(H2,15,16). The summed E-state index contributed by atoms with van der Waals surface area (Å²) in [5, 5.41) is 11.6. The molecule has 0 aromatic heterocycles. The minimum atomic E-state index is -0.474. The van der Waals surface area contributed by atoms with E-state index in [1.54, 1.807) is 12.1 Å². The number of hydrogen-bond donors (Lipinski definition) is 2. The molecule has 5 heteroatoms. The smallest absolute Gasteiger partial charge is 0.175 e. The Morgan fingerprint density at radius 1 is 1.61 bits per heavy atom. The first kappa shape index (κ1) is 12.7. The summed E-state index contributed by atoms with van der Waals surface area (Å²) in [7, 11) is 1.90. The van der Waals surface area contributed by atoms with Crippen LogP contribution in [0.5, 0.6) is 0 Å². The lowest BCUT2D eigenvalue weighted by molar-refractivity contribution is 0.318. The number of nitrogens with zero attached hydrogens (tertiary/aromatic N) is 2. The van der Waals surface area contributed by atoms with E-state index in [1.807, 2.05) is 11.9 Å². The summed E-state index contributed by atoms with van der Waals surface area (Å²) < 4.78 is 13.8. The van der Waals surface area contributed by atoms with Gasteiger partial charge in [0.1, 0.15) is 5.82 Å². The zero-order chi connectivity index (χ0) is 13.3. The summed E-state index contributed by atoms with van der Waals surface area (Å²) in [5.74, 6) is 0.712. The van der Waals surface area contributed by atoms with Crippen molar-refractivity contribution in [3.63, 3.8) is 0 Å². The summed E-state index contributed by atoms with van der Waals surface area (Å²) in [6, 6.07) is 4.72. The molecule has 1 aromatic carbocycles. The van der Waals surface area contributed by atoms with Crippen molar-refractivity contribution in [3.8, 4) is 0 Å². The van der Waals surface area contributed by atoms with Crippen molar-refractivity contribution in [3.05, 3.63) is 29.6 Å². The molecule has 0 bridgehead atoms. The molecular weight excluding hydrogens is 233 g/mol. The lowest BCUT2D eigenvalue weighted by Gasteiger charge is -2.22. The third-order valence-electron chi connectivity index (χ3n) is 3.55. The van der Waals surface area contributed by atoms with E-state index in [4.69, 9.17) is 10.9 Å². The average Bonchev–Trinajstić information content (AvgIpc) is 3.03. The molecule has 1 fully saturated rings. The molecule has 3 N–H and O–H groups in total. The van der Waals surface area contributed by atoms with Crippen molar-refractivity contribution in [2.24, 2.45) is 22.7 Å². The van der Waals surface area contributed by atoms with Crippen LogP contribution in [0.3, 0.4) is 0 Å². The van der Waals surface area contributed by atoms with Gasteiger partial charge in [0.25, 0.3) is 0 Å². The van der Waals surface area contributed by atoms with Crippen LogP contribution in [0.4, 0.5) is 10.1 Å². The zero-order valence-electron chi connectivity index (χ0n) is 10.6. The Balaban J connectivity index is 2.28. The molecule has 2 atom stereocenters. The number of oxime groups is 1. The largest absolute Gasteiger partial charge is 0.409 e. The quantitative estimate of drug-likeness (QED) is 0.372. The maximum atomic E-state index is 13.8. The van der Waals surface area contributed by atoms with Gasteiger partial charge in [-0.1, -0.05) is 18.1 Å². The molecule has 4 nitrogen and oxygen atoms in total. The summed E-state index contributed by atoms with van der Waals surface area (Å²) in [6.45, 7) is 3.06. The first-order valence-corrected chi connectivity index (χ1v) is 6.02. The van der Waals surface area contributed by atoms with E-state index in [0.29, 0.717) is 11.6 Å². The molecule has 1 aromatic rings. The second kappa shape index (κ2) is 4.84. The summed E-state index contributed by atoms with van der Waals surface area (Å²) in [4.78, 5) is 1.96. The summed E-state index contributed by atoms with van der Waals surface area (Å²) in [6.07, 6.45) is 1.21. The van der Waals surface area contributed by atoms with Gasteiger partial charge in [-0.25, -0.2) is 4.39 Å². The number of halogens is 1. The van der Waals surface area contributed by atoms with Gasteiger partial charge < -0.3 is 15.8 Å². The van der Waals surface area contributed by atoms with Crippen LogP contribution in [0, 0.1) is 17.7 Å². The fraction of sp³-hybridized carbons (Fsp3) is 0.462. The Morgan fingerprint density at radius 2 is 2.28 bits per heavy atom. The summed E-state index contributed by atoms with van der Waals surface area (Å²) >= 11 is 0. The first-order valence-electron chi connectivity index (χ1n) is 6.02. The highest BCUT2D eigenvalue weighted by atomic mass is 19.1. The predicted octanol–water partition coefficient (Wildman–Crippen LogP) is 2.01. The molecule has 18 heavy (non-hydrogen) atoms. The Morgan fingerprint density at radius 3 is 2.83 bits per heavy atom. The minimum absolute atomic E-state index is 0.163. The van der Waals surface area contributed by atoms with Gasteiger partial charge in [-0.05, 0) is 30.4 Å². The second-order valence-electron chi connectivity index (χ2n) is 4.97. The van der Waals surface area contributed by atoms with E-state index in [1.165, 1.54) is 12.5 Å². The van der Waals surface area contributed by atoms with Crippen LogP contribution >= 0.6 is 0 Å². The van der Waals surface area contributed by atoms with Crippen LogP contribution < -0.4 is 10.6 Å². The van der Waals surface area contributed by atoms with Gasteiger partial charge in [0.15, 0.2) is 5.84 Å². The molecular formula is C13H18FN3O. The predicted molar refractivity (Wildman–Crippen MR) is 69.5 cm³/mol. The average molecular weight is 251 g/mol. The highest BCUT2D eigenvalue weighted by Crippen LogP contribution is 2.39. The van der Waals surface area contributed by atoms with E-state index in [2.05, 4.69) is 12.1 Å². The molecule has 1 aliphatic carbocycles. The zero-order valence-corrected chi connectivity index (χ0v) is 10.6. The monoisotopic (exact) mass is 251 g/mol. The van der Waals surface area contributed by atoms with E-state index in [0.717, 1.165) is 12.5 Å². The van der Waals surface area contributed by atoms with Crippen molar-refractivity contribution in [2.45, 2.75) is 13.3 Å². The van der Waals surface area contributed by atoms with Crippen LogP contribution in [-0.2, 0) is 0 Å². The fourth-order valence-corrected chi connectivity index (χ4v) is 2.24. The minimum Gasteiger partial charge on any atom is -0.409 e. The maximum absolute atomic E-state index is 13.8. The van der Waals surface area contributed by atoms with Crippen molar-refractivity contribution < 1.29 is 9.60 Å². The van der Waals surface area contributed by atoms with Gasteiger partial charge in [-0.2, -0.15) is 0 Å². The third-order valence-corrected chi connectivity index (χ3v) is 3.55. The fourth-order valence-electron chi connectivity index (χ4n) is 2.24. The van der Waals surface area contributed by atoms with Crippen LogP contribution in [0.1, 0.15) is 18.9 Å². The van der Waals surface area contributed by atoms with E-state index in [-0.39, 0.29) is 11.4 Å². The number of anilines is 1. The molecule has 2 rings (SSSR count). The molecule has 0 spiro atoms. The van der Waals surface area contributed by atoms with Crippen LogP contribution in [0.15, 0.2) is 23.4 Å². The van der Waals surface area contributed by atoms with Crippen molar-refractivity contribution in [2.75, 3.05) is 18.5 Å². The van der Waals surface area contributed by atoms with Gasteiger partial charge in [-0.3, -0.25) is 0 Å². The van der Waals surface area contributed by atoms with Gasteiger partial charge >= 0.3 is 0 Å². The molecule has 98 valence electrons. The second-order valence-corrected chi connectivity index (χ2v) is 4.97. The highest BCUT2D eigenvalue weighted by molar-refractivity contribution is 6.02. The van der Waals surface area contributed by atoms with E-state index < -0.39 is 5.82 Å². The van der Waals surface area contributed by atoms with Gasteiger partial charge in [0.2, 0.25) is 0 Å². The molecule has 0 amide bonds. The van der Waals surface area contributed by atoms with Gasteiger partial charge in [0.05, 0.1) is 11.3 Å².